The van der Waals surface area contributed by atoms with Crippen LogP contribution in [0.3, 0.4) is 0 Å². The number of phenols is 3. The first kappa shape index (κ1) is 27.3. The number of aromatic amines is 1. The summed E-state index contributed by atoms with van der Waals surface area (Å²) in [6, 6.07) is 1.47. The molecule has 222 valence electrons. The molecule has 0 saturated carbocycles. The van der Waals surface area contributed by atoms with Gasteiger partial charge in [0.1, 0.15) is 22.7 Å². The van der Waals surface area contributed by atoms with Gasteiger partial charge in [0.25, 0.3) is 5.56 Å². The first-order chi connectivity index (χ1) is 21.0. The summed E-state index contributed by atoms with van der Waals surface area (Å²) in [5, 5.41) is 40.6. The van der Waals surface area contributed by atoms with Gasteiger partial charge in [0.2, 0.25) is 11.7 Å². The molecule has 3 aliphatic carbocycles. The molecule has 1 aliphatic heterocycles. The van der Waals surface area contributed by atoms with Crippen molar-refractivity contribution in [3.05, 3.63) is 72.4 Å². The smallest absolute Gasteiger partial charge is 0.260 e. The Balaban J connectivity index is 1.40. The molecule has 0 saturated heterocycles. The number of pyridine rings is 1. The van der Waals surface area contributed by atoms with Crippen molar-refractivity contribution in [2.75, 3.05) is 20.2 Å². The molecule has 44 heavy (non-hydrogen) atoms. The number of nitrogens with zero attached hydrogens (tertiary/aromatic N) is 2. The Morgan fingerprint density at radius 3 is 2.41 bits per heavy atom. The summed E-state index contributed by atoms with van der Waals surface area (Å²) >= 11 is 6.76. The third-order valence-corrected chi connectivity index (χ3v) is 8.84. The van der Waals surface area contributed by atoms with Crippen LogP contribution in [0.1, 0.15) is 64.7 Å². The van der Waals surface area contributed by atoms with Crippen LogP contribution in [-0.2, 0) is 16.6 Å². The van der Waals surface area contributed by atoms with Gasteiger partial charge in [-0.1, -0.05) is 11.6 Å². The van der Waals surface area contributed by atoms with E-state index in [0.29, 0.717) is 19.0 Å². The second kappa shape index (κ2) is 9.25. The number of phenolic OH excluding ortho intramolecular Hbond substituents is 3. The van der Waals surface area contributed by atoms with E-state index in [4.69, 9.17) is 16.3 Å². The van der Waals surface area contributed by atoms with Crippen molar-refractivity contribution < 1.29 is 39.2 Å². The average molecular weight is 618 g/mol. The summed E-state index contributed by atoms with van der Waals surface area (Å²) < 4.78 is 4.91. The molecule has 3 aromatic rings. The van der Waals surface area contributed by atoms with Crippen LogP contribution in [0.5, 0.6) is 17.2 Å². The van der Waals surface area contributed by atoms with E-state index in [1.54, 1.807) is 0 Å². The lowest BCUT2D eigenvalue weighted by Gasteiger charge is -2.23. The second-order valence-corrected chi connectivity index (χ2v) is 10.9. The molecule has 0 fully saturated rings. The number of aromatic hydroxyl groups is 3. The number of ether oxygens (including phenoxy) is 1. The van der Waals surface area contributed by atoms with Crippen LogP contribution in [0, 0.1) is 0 Å². The molecule has 1 spiro atoms. The molecular weight excluding hydrogens is 598 g/mol. The lowest BCUT2D eigenvalue weighted by molar-refractivity contribution is 0.0790. The molecule has 1 aromatic heterocycles. The van der Waals surface area contributed by atoms with E-state index in [1.165, 1.54) is 12.3 Å². The predicted octanol–water partition coefficient (Wildman–Crippen LogP) is 1.35. The molecule has 0 radical (unpaired) electrons. The van der Waals surface area contributed by atoms with Crippen molar-refractivity contribution in [1.82, 2.24) is 15.7 Å². The largest absolute Gasteiger partial charge is 0.507 e. The number of allylic oxidation sites excluding steroid dienone is 2. The molecule has 0 bridgehead atoms. The molecule has 6 N–H and O–H groups in total. The molecule has 0 amide bonds. The first-order valence-electron chi connectivity index (χ1n) is 13.3. The Hall–Kier alpha value is -5.50. The third-order valence-electron chi connectivity index (χ3n) is 8.41. The SMILES string of the molecule is COC1=CC(=O)c2c(O)c3c(c(O)c2C1=O)C(=O)[C@]1(CCc2c1c(O)c1c(=O)[nH]c(C=NNC4=NCCN4)cc1c2Cl)C3=O. The summed E-state index contributed by atoms with van der Waals surface area (Å²) in [4.78, 5) is 74.0. The number of guanidine groups is 1. The summed E-state index contributed by atoms with van der Waals surface area (Å²) in [6.45, 7) is 1.25. The number of carbonyl (C=O) groups is 4. The van der Waals surface area contributed by atoms with E-state index >= 15 is 0 Å². The summed E-state index contributed by atoms with van der Waals surface area (Å²) in [7, 11) is 1.12. The molecule has 4 aliphatic rings. The number of carbonyl (C=O) groups excluding carboxylic acids is 4. The molecule has 15 heteroatoms. The van der Waals surface area contributed by atoms with E-state index < -0.39 is 79.4 Å². The van der Waals surface area contributed by atoms with Crippen molar-refractivity contribution in [2.45, 2.75) is 18.3 Å². The highest BCUT2D eigenvalue weighted by Crippen LogP contribution is 2.58. The number of hydrazone groups is 1. The van der Waals surface area contributed by atoms with Crippen molar-refractivity contribution in [2.24, 2.45) is 10.1 Å². The fourth-order valence-electron chi connectivity index (χ4n) is 6.51. The van der Waals surface area contributed by atoms with Gasteiger partial charge in [-0.3, -0.25) is 24.0 Å². The van der Waals surface area contributed by atoms with Gasteiger partial charge in [0.15, 0.2) is 23.1 Å². The van der Waals surface area contributed by atoms with Gasteiger partial charge in [0.05, 0.1) is 58.2 Å². The molecule has 2 heterocycles. The van der Waals surface area contributed by atoms with Crippen LogP contribution in [0.15, 0.2) is 32.8 Å². The van der Waals surface area contributed by atoms with E-state index in [1.807, 2.05) is 0 Å². The molecule has 0 unspecified atom stereocenters. The number of benzene rings is 2. The van der Waals surface area contributed by atoms with Gasteiger partial charge in [-0.15, -0.1) is 0 Å². The van der Waals surface area contributed by atoms with Crippen LogP contribution in [0.4, 0.5) is 0 Å². The maximum absolute atomic E-state index is 14.1. The van der Waals surface area contributed by atoms with E-state index in [0.717, 1.165) is 13.2 Å². The Labute approximate surface area is 250 Å². The summed E-state index contributed by atoms with van der Waals surface area (Å²) in [5.74, 6) is -6.54. The van der Waals surface area contributed by atoms with Crippen molar-refractivity contribution in [3.63, 3.8) is 0 Å². The average Bonchev–Trinajstić information content (AvgIpc) is 3.71. The number of hydrogen-bond donors (Lipinski definition) is 6. The quantitative estimate of drug-likeness (QED) is 0.107. The minimum Gasteiger partial charge on any atom is -0.507 e. The summed E-state index contributed by atoms with van der Waals surface area (Å²) in [5.41, 5.74) is -2.80. The van der Waals surface area contributed by atoms with E-state index in [2.05, 4.69) is 25.8 Å². The minimum atomic E-state index is -2.20. The Bertz CT molecular complexity index is 2110. The monoisotopic (exact) mass is 617 g/mol. The number of aromatic nitrogens is 1. The molecule has 1 atom stereocenters. The van der Waals surface area contributed by atoms with Crippen LogP contribution < -0.4 is 16.3 Å². The fourth-order valence-corrected chi connectivity index (χ4v) is 6.85. The van der Waals surface area contributed by atoms with Crippen molar-refractivity contribution >= 4 is 57.7 Å². The number of ketones is 4. The number of Topliss-reactive ketones (excluding diaryl/α,β-unsaturated/α-hetero) is 3. The first-order valence-corrected chi connectivity index (χ1v) is 13.6. The predicted molar refractivity (Wildman–Crippen MR) is 154 cm³/mol. The van der Waals surface area contributed by atoms with Crippen molar-refractivity contribution in [1.29, 1.82) is 0 Å². The standard InChI is InChI=1S/C29H20ClN5O9/c1-44-13-7-12(36)15-16(21(13)37)23(39)18-17(22(15)38)25(41)29(26(18)42)3-2-10-19(29)24(40)14-11(20(10)30)6-9(34-27(14)43)8-33-35-28-31-4-5-32-28/h6-8,38-40H,2-5H2,1H3,(H,34,43)(H2,31,32,35)/t29-/m0/s1. The fraction of sp³-hybridized carbons (Fsp3) is 0.207. The van der Waals surface area contributed by atoms with Crippen LogP contribution in [0.25, 0.3) is 10.8 Å². The number of nitrogens with one attached hydrogen (secondary N) is 3. The highest BCUT2D eigenvalue weighted by Gasteiger charge is 2.62. The normalized spacial score (nSPS) is 20.2. The number of H-pyrrole nitrogens is 1. The zero-order chi connectivity index (χ0) is 31.2. The van der Waals surface area contributed by atoms with Crippen LogP contribution >= 0.6 is 11.6 Å². The molecule has 2 aromatic carbocycles. The van der Waals surface area contributed by atoms with Gasteiger partial charge >= 0.3 is 0 Å². The van der Waals surface area contributed by atoms with Crippen molar-refractivity contribution in [3.8, 4) is 17.2 Å². The zero-order valence-electron chi connectivity index (χ0n) is 22.6. The zero-order valence-corrected chi connectivity index (χ0v) is 23.4. The lowest BCUT2D eigenvalue weighted by atomic mass is 9.76. The number of hydrogen-bond acceptors (Lipinski definition) is 13. The Morgan fingerprint density at radius 1 is 1.05 bits per heavy atom. The Kier molecular flexibility index (Phi) is 5.75. The number of fused-ring (bicyclic) bond motifs is 5. The number of rotatable bonds is 3. The van der Waals surface area contributed by atoms with Gasteiger partial charge in [-0.25, -0.2) is 10.4 Å². The number of methoxy groups -OCH3 is 1. The Morgan fingerprint density at radius 2 is 1.75 bits per heavy atom. The molecular formula is C29H20ClN5O9. The van der Waals surface area contributed by atoms with Gasteiger partial charge in [-0.2, -0.15) is 5.10 Å². The van der Waals surface area contributed by atoms with E-state index in [-0.39, 0.29) is 45.5 Å². The maximum Gasteiger partial charge on any atom is 0.260 e. The highest BCUT2D eigenvalue weighted by molar-refractivity contribution is 6.41. The second-order valence-electron chi connectivity index (χ2n) is 10.6. The van der Waals surface area contributed by atoms with Gasteiger partial charge < -0.3 is 30.4 Å². The highest BCUT2D eigenvalue weighted by atomic mass is 35.5. The molecule has 7 rings (SSSR count). The number of halogens is 1. The third kappa shape index (κ3) is 3.33. The summed E-state index contributed by atoms with van der Waals surface area (Å²) in [6.07, 6.45) is 1.88. The maximum atomic E-state index is 14.1. The van der Waals surface area contributed by atoms with Crippen LogP contribution in [-0.4, -0.2) is 75.8 Å². The minimum absolute atomic E-state index is 0.000877. The van der Waals surface area contributed by atoms with Crippen LogP contribution in [0.2, 0.25) is 5.02 Å². The van der Waals surface area contributed by atoms with Gasteiger partial charge in [0, 0.05) is 23.6 Å². The number of aliphatic imine (C=N–C) groups is 1. The lowest BCUT2D eigenvalue weighted by Crippen LogP contribution is -2.36. The van der Waals surface area contributed by atoms with E-state index in [9.17, 15) is 39.3 Å². The van der Waals surface area contributed by atoms with Gasteiger partial charge in [-0.05, 0) is 24.5 Å². The topological polar surface area (TPSA) is 220 Å². The molecule has 14 nitrogen and oxygen atoms in total.